The van der Waals surface area contributed by atoms with Gasteiger partial charge >= 0.3 is 7.80 Å². The molecule has 0 amide bonds. The van der Waals surface area contributed by atoms with Crippen LogP contribution in [0.2, 0.25) is 0 Å². The topological polar surface area (TPSA) is 17.1 Å². The monoisotopic (exact) mass is 333 g/mol. The normalized spacial score (nSPS) is 58.3. The van der Waals surface area contributed by atoms with Crippen LogP contribution in [0, 0.1) is 35.5 Å². The zero-order valence-corrected chi connectivity index (χ0v) is 16.0. The molecule has 9 atom stereocenters. The quantitative estimate of drug-likeness (QED) is 0.535. The molecule has 5 fully saturated rings. The van der Waals surface area contributed by atoms with Crippen LogP contribution in [0.25, 0.3) is 0 Å². The minimum absolute atomic E-state index is 0.170. The van der Waals surface area contributed by atoms with Crippen molar-refractivity contribution in [3.63, 3.8) is 0 Å². The summed E-state index contributed by atoms with van der Waals surface area (Å²) in [6, 6.07) is 0. The molecule has 5 saturated carbocycles. The first-order valence-electron chi connectivity index (χ1n) is 10.4. The minimum atomic E-state index is -1.07. The smallest absolute Gasteiger partial charge is 0.0736 e. The lowest BCUT2D eigenvalue weighted by Gasteiger charge is -2.46. The van der Waals surface area contributed by atoms with Crippen molar-refractivity contribution in [2.45, 2.75) is 94.8 Å². The Morgan fingerprint density at radius 2 is 1.78 bits per heavy atom. The average molecular weight is 333 g/mol. The molecule has 0 radical (unpaired) electrons. The molecule has 2 heteroatoms. The van der Waals surface area contributed by atoms with Gasteiger partial charge in [0.15, 0.2) is 10.3 Å². The summed E-state index contributed by atoms with van der Waals surface area (Å²) in [5, 5.41) is 0.404. The van der Waals surface area contributed by atoms with Crippen molar-refractivity contribution < 1.29 is 4.57 Å². The van der Waals surface area contributed by atoms with Crippen LogP contribution in [-0.4, -0.2) is 10.3 Å². The van der Waals surface area contributed by atoms with Crippen LogP contribution in [-0.2, 0) is 4.57 Å². The third-order valence-electron chi connectivity index (χ3n) is 8.80. The zero-order valence-electron chi connectivity index (χ0n) is 15.1. The summed E-state index contributed by atoms with van der Waals surface area (Å²) in [4.78, 5) is 0. The molecule has 0 spiro atoms. The highest BCUT2D eigenvalue weighted by atomic mass is 31.1. The van der Waals surface area contributed by atoms with Gasteiger partial charge in [-0.3, -0.25) is 0 Å². The van der Waals surface area contributed by atoms with E-state index in [9.17, 15) is 4.57 Å². The molecular formula is C21H34OP+. The third-order valence-corrected chi connectivity index (χ3v) is 11.6. The Labute approximate surface area is 143 Å². The Hall–Kier alpha value is 0.100. The van der Waals surface area contributed by atoms with Crippen LogP contribution in [0.4, 0.5) is 0 Å². The molecule has 1 nitrogen and oxygen atoms in total. The molecule has 5 aliphatic carbocycles. The van der Waals surface area contributed by atoms with Crippen LogP contribution in [0.1, 0.15) is 84.5 Å². The first kappa shape index (κ1) is 15.4. The third kappa shape index (κ3) is 2.24. The molecule has 4 bridgehead atoms. The second-order valence-electron chi connectivity index (χ2n) is 10.7. The SMILES string of the molecule is CC1CC2CCCC([P+](=O)C3(C)CC4CC5CC(C3)C5C4)(C1)C2. The van der Waals surface area contributed by atoms with Crippen LogP contribution in [0.5, 0.6) is 0 Å². The molecule has 0 aromatic rings. The van der Waals surface area contributed by atoms with Crippen molar-refractivity contribution in [2.24, 2.45) is 35.5 Å². The van der Waals surface area contributed by atoms with E-state index in [-0.39, 0.29) is 10.3 Å². The maximum Gasteiger partial charge on any atom is 0.350 e. The van der Waals surface area contributed by atoms with E-state index in [1.807, 2.05) is 0 Å². The number of hydrogen-bond acceptors (Lipinski definition) is 1. The Morgan fingerprint density at radius 1 is 0.913 bits per heavy atom. The predicted molar refractivity (Wildman–Crippen MR) is 96.1 cm³/mol. The molecular weight excluding hydrogens is 299 g/mol. The summed E-state index contributed by atoms with van der Waals surface area (Å²) in [6.45, 7) is 4.89. The van der Waals surface area contributed by atoms with Gasteiger partial charge < -0.3 is 0 Å². The van der Waals surface area contributed by atoms with Crippen LogP contribution in [0.3, 0.4) is 0 Å². The standard InChI is InChI=1S/C21H34OP/c1-14-6-15-4-3-5-21(10-14,12-15)23(22)20(2)11-16-7-17-9-18(13-20)19(17)8-16/h14-19H,3-13H2,1-2H3/q+1. The fourth-order valence-corrected chi connectivity index (χ4v) is 11.6. The lowest BCUT2D eigenvalue weighted by atomic mass is 9.63. The van der Waals surface area contributed by atoms with Gasteiger partial charge in [0.05, 0.1) is 0 Å². The zero-order chi connectivity index (χ0) is 15.8. The summed E-state index contributed by atoms with van der Waals surface area (Å²) >= 11 is 0. The van der Waals surface area contributed by atoms with Crippen molar-refractivity contribution >= 4 is 7.80 Å². The first-order valence-corrected chi connectivity index (χ1v) is 11.7. The highest BCUT2D eigenvalue weighted by molar-refractivity contribution is 7.48. The molecule has 0 N–H and O–H groups in total. The van der Waals surface area contributed by atoms with Gasteiger partial charge in [0.1, 0.15) is 0 Å². The highest BCUT2D eigenvalue weighted by Gasteiger charge is 2.65. The van der Waals surface area contributed by atoms with E-state index >= 15 is 0 Å². The number of hydrogen-bond donors (Lipinski definition) is 0. The van der Waals surface area contributed by atoms with Gasteiger partial charge in [0.2, 0.25) is 0 Å². The van der Waals surface area contributed by atoms with Gasteiger partial charge in [-0.05, 0) is 107 Å². The molecule has 0 heterocycles. The molecule has 0 saturated heterocycles. The maximum absolute atomic E-state index is 14.1. The number of fused-ring (bicyclic) bond motifs is 3. The Bertz CT molecular complexity index is 520. The van der Waals surface area contributed by atoms with Crippen LogP contribution in [0.15, 0.2) is 0 Å². The van der Waals surface area contributed by atoms with E-state index in [1.165, 1.54) is 70.6 Å². The molecule has 5 aliphatic rings. The molecule has 0 aromatic heterocycles. The van der Waals surface area contributed by atoms with E-state index in [2.05, 4.69) is 13.8 Å². The van der Waals surface area contributed by atoms with Gasteiger partial charge in [0.25, 0.3) is 0 Å². The Morgan fingerprint density at radius 3 is 2.65 bits per heavy atom. The fourth-order valence-electron chi connectivity index (χ4n) is 8.32. The highest BCUT2D eigenvalue weighted by Crippen LogP contribution is 2.70. The van der Waals surface area contributed by atoms with E-state index in [4.69, 9.17) is 0 Å². The summed E-state index contributed by atoms with van der Waals surface area (Å²) < 4.78 is 14.1. The van der Waals surface area contributed by atoms with Crippen molar-refractivity contribution in [2.75, 3.05) is 0 Å². The Kier molecular flexibility index (Phi) is 3.38. The molecule has 9 unspecified atom stereocenters. The van der Waals surface area contributed by atoms with Gasteiger partial charge in [-0.1, -0.05) is 17.9 Å². The van der Waals surface area contributed by atoms with Crippen molar-refractivity contribution in [1.29, 1.82) is 0 Å². The largest absolute Gasteiger partial charge is 0.350 e. The van der Waals surface area contributed by atoms with E-state index in [0.29, 0.717) is 0 Å². The second-order valence-corrected chi connectivity index (χ2v) is 13.3. The fraction of sp³-hybridized carbons (Fsp3) is 1.00. The first-order chi connectivity index (χ1) is 11.0. The molecule has 0 aromatic carbocycles. The summed E-state index contributed by atoms with van der Waals surface area (Å²) in [5.74, 6) is 5.66. The molecule has 128 valence electrons. The maximum atomic E-state index is 14.1. The Balaban J connectivity index is 1.44. The average Bonchev–Trinajstić information content (AvgIpc) is 2.72. The van der Waals surface area contributed by atoms with Crippen molar-refractivity contribution in [3.05, 3.63) is 0 Å². The summed E-state index contributed by atoms with van der Waals surface area (Å²) in [6.07, 6.45) is 15.1. The molecule has 23 heavy (non-hydrogen) atoms. The van der Waals surface area contributed by atoms with Gasteiger partial charge in [-0.2, -0.15) is 0 Å². The van der Waals surface area contributed by atoms with E-state index in [1.54, 1.807) is 0 Å². The van der Waals surface area contributed by atoms with Crippen LogP contribution < -0.4 is 0 Å². The van der Waals surface area contributed by atoms with Gasteiger partial charge in [0, 0.05) is 0 Å². The summed E-state index contributed by atoms with van der Waals surface area (Å²) in [7, 11) is -1.07. The minimum Gasteiger partial charge on any atom is -0.0736 e. The van der Waals surface area contributed by atoms with Gasteiger partial charge in [-0.25, -0.2) is 0 Å². The second kappa shape index (κ2) is 5.06. The van der Waals surface area contributed by atoms with Crippen LogP contribution >= 0.6 is 7.80 Å². The molecule has 5 rings (SSSR count). The summed E-state index contributed by atoms with van der Waals surface area (Å²) in [5.41, 5.74) is 0. The van der Waals surface area contributed by atoms with Crippen molar-refractivity contribution in [3.8, 4) is 0 Å². The number of rotatable bonds is 2. The van der Waals surface area contributed by atoms with Gasteiger partial charge in [-0.15, -0.1) is 0 Å². The van der Waals surface area contributed by atoms with Crippen molar-refractivity contribution in [1.82, 2.24) is 0 Å². The van der Waals surface area contributed by atoms with E-state index in [0.717, 1.165) is 35.5 Å². The lowest BCUT2D eigenvalue weighted by molar-refractivity contribution is 0.0819. The lowest BCUT2D eigenvalue weighted by Crippen LogP contribution is -2.45. The van der Waals surface area contributed by atoms with E-state index < -0.39 is 7.80 Å². The molecule has 0 aliphatic heterocycles. The predicted octanol–water partition coefficient (Wildman–Crippen LogP) is 6.39.